The molecule has 1 aliphatic rings. The van der Waals surface area contributed by atoms with Crippen LogP contribution in [0.2, 0.25) is 0 Å². The molecule has 126 valence electrons. The third-order valence-corrected chi connectivity index (χ3v) is 4.16. The summed E-state index contributed by atoms with van der Waals surface area (Å²) in [6, 6.07) is 4.13. The van der Waals surface area contributed by atoms with Crippen LogP contribution in [0.3, 0.4) is 0 Å². The molecule has 1 N–H and O–H groups in total. The summed E-state index contributed by atoms with van der Waals surface area (Å²) >= 11 is 0. The fourth-order valence-corrected chi connectivity index (χ4v) is 2.93. The highest BCUT2D eigenvalue weighted by Crippen LogP contribution is 2.24. The second-order valence-corrected chi connectivity index (χ2v) is 5.73. The number of aromatic nitrogens is 5. The predicted molar refractivity (Wildman–Crippen MR) is 85.6 cm³/mol. The molecular weight excluding hydrogens is 310 g/mol. The Bertz CT molecular complexity index is 809. The van der Waals surface area contributed by atoms with Crippen LogP contribution in [0.1, 0.15) is 17.6 Å². The molecule has 1 saturated heterocycles. The highest BCUT2D eigenvalue weighted by atomic mass is 16.5. The molecule has 0 bridgehead atoms. The van der Waals surface area contributed by atoms with Crippen molar-refractivity contribution < 1.29 is 9.15 Å². The second kappa shape index (κ2) is 6.54. The summed E-state index contributed by atoms with van der Waals surface area (Å²) in [7, 11) is 0. The monoisotopic (exact) mass is 329 g/mol. The summed E-state index contributed by atoms with van der Waals surface area (Å²) in [6.45, 7) is 5.84. The van der Waals surface area contributed by atoms with Crippen LogP contribution in [0, 0.1) is 6.92 Å². The minimum absolute atomic E-state index is 0.106. The number of hydrogen-bond donors (Lipinski definition) is 1. The number of tetrazole rings is 1. The first-order valence-electron chi connectivity index (χ1n) is 7.95. The van der Waals surface area contributed by atoms with Crippen LogP contribution in [0.25, 0.3) is 5.65 Å². The molecule has 0 spiro atoms. The molecule has 9 nitrogen and oxygen atoms in total. The number of anilines is 1. The maximum atomic E-state index is 5.87. The van der Waals surface area contributed by atoms with Crippen molar-refractivity contribution in [3.8, 4) is 0 Å². The summed E-state index contributed by atoms with van der Waals surface area (Å²) in [4.78, 5) is 6.53. The van der Waals surface area contributed by atoms with E-state index in [1.54, 1.807) is 16.9 Å². The van der Waals surface area contributed by atoms with Gasteiger partial charge in [0.2, 0.25) is 0 Å². The number of ether oxygens (including phenoxy) is 1. The number of morpholine rings is 1. The van der Waals surface area contributed by atoms with E-state index in [4.69, 9.17) is 9.15 Å². The SMILES string of the molecule is Cc1ccc([C@@H](CNc2cncc3nnnn23)N2CCOCC2)o1. The van der Waals surface area contributed by atoms with Gasteiger partial charge in [-0.3, -0.25) is 9.88 Å². The zero-order chi connectivity index (χ0) is 16.4. The molecule has 1 fully saturated rings. The number of nitrogens with one attached hydrogen (secondary N) is 1. The van der Waals surface area contributed by atoms with Gasteiger partial charge in [-0.05, 0) is 29.5 Å². The molecule has 1 atom stereocenters. The summed E-state index contributed by atoms with van der Waals surface area (Å²) in [5, 5.41) is 15.0. The summed E-state index contributed by atoms with van der Waals surface area (Å²) < 4.78 is 13.0. The van der Waals surface area contributed by atoms with E-state index in [2.05, 4.69) is 30.7 Å². The normalized spacial score (nSPS) is 17.2. The second-order valence-electron chi connectivity index (χ2n) is 5.73. The van der Waals surface area contributed by atoms with Gasteiger partial charge in [-0.1, -0.05) is 0 Å². The molecule has 0 saturated carbocycles. The highest BCUT2D eigenvalue weighted by molar-refractivity contribution is 5.43. The van der Waals surface area contributed by atoms with Crippen LogP contribution in [0.4, 0.5) is 5.82 Å². The minimum atomic E-state index is 0.106. The van der Waals surface area contributed by atoms with Gasteiger partial charge in [0.05, 0.1) is 31.6 Å². The number of aryl methyl sites for hydroxylation is 1. The van der Waals surface area contributed by atoms with E-state index in [0.717, 1.165) is 43.6 Å². The Balaban J connectivity index is 1.56. The van der Waals surface area contributed by atoms with Crippen LogP contribution in [-0.4, -0.2) is 62.8 Å². The van der Waals surface area contributed by atoms with Gasteiger partial charge in [0.25, 0.3) is 0 Å². The number of fused-ring (bicyclic) bond motifs is 1. The average Bonchev–Trinajstić information content (AvgIpc) is 3.25. The zero-order valence-corrected chi connectivity index (χ0v) is 13.4. The molecule has 4 heterocycles. The number of nitrogens with zero attached hydrogens (tertiary/aromatic N) is 6. The Kier molecular flexibility index (Phi) is 4.09. The highest BCUT2D eigenvalue weighted by Gasteiger charge is 2.25. The van der Waals surface area contributed by atoms with Crippen molar-refractivity contribution in [2.24, 2.45) is 0 Å². The van der Waals surface area contributed by atoms with Crippen molar-refractivity contribution in [1.82, 2.24) is 29.9 Å². The first-order chi connectivity index (χ1) is 11.8. The minimum Gasteiger partial charge on any atom is -0.465 e. The average molecular weight is 329 g/mol. The van der Waals surface area contributed by atoms with Crippen LogP contribution in [0.5, 0.6) is 0 Å². The van der Waals surface area contributed by atoms with Crippen LogP contribution in [-0.2, 0) is 4.74 Å². The van der Waals surface area contributed by atoms with Gasteiger partial charge < -0.3 is 14.5 Å². The topological polar surface area (TPSA) is 93.6 Å². The van der Waals surface area contributed by atoms with Crippen molar-refractivity contribution in [2.75, 3.05) is 38.2 Å². The summed E-state index contributed by atoms with van der Waals surface area (Å²) in [5.41, 5.74) is 0.608. The van der Waals surface area contributed by atoms with E-state index < -0.39 is 0 Å². The van der Waals surface area contributed by atoms with Crippen LogP contribution < -0.4 is 5.32 Å². The first kappa shape index (κ1) is 15.0. The molecule has 3 aromatic rings. The van der Waals surface area contributed by atoms with Gasteiger partial charge in [-0.15, -0.1) is 5.10 Å². The Morgan fingerprint density at radius 3 is 2.92 bits per heavy atom. The Hall–Kier alpha value is -2.52. The molecule has 9 heteroatoms. The van der Waals surface area contributed by atoms with E-state index in [0.29, 0.717) is 12.2 Å². The van der Waals surface area contributed by atoms with Gasteiger partial charge in [0, 0.05) is 19.6 Å². The van der Waals surface area contributed by atoms with Crippen molar-refractivity contribution >= 4 is 11.5 Å². The predicted octanol–water partition coefficient (Wildman–Crippen LogP) is 0.906. The molecule has 3 aromatic heterocycles. The van der Waals surface area contributed by atoms with Crippen molar-refractivity contribution in [2.45, 2.75) is 13.0 Å². The van der Waals surface area contributed by atoms with Crippen molar-refractivity contribution in [3.05, 3.63) is 36.0 Å². The van der Waals surface area contributed by atoms with E-state index in [9.17, 15) is 0 Å². The van der Waals surface area contributed by atoms with Crippen molar-refractivity contribution in [3.63, 3.8) is 0 Å². The summed E-state index contributed by atoms with van der Waals surface area (Å²) in [5.74, 6) is 2.60. The van der Waals surface area contributed by atoms with Gasteiger partial charge in [0.15, 0.2) is 5.65 Å². The molecule has 4 rings (SSSR count). The standard InChI is InChI=1S/C15H19N7O2/c1-11-2-3-13(24-11)12(21-4-6-23-7-5-21)8-17-14-9-16-10-15-18-19-20-22(14)15/h2-3,9-10,12,17H,4-8H2,1H3/t12-/m1/s1. The van der Waals surface area contributed by atoms with Crippen molar-refractivity contribution in [1.29, 1.82) is 0 Å². The fourth-order valence-electron chi connectivity index (χ4n) is 2.93. The maximum Gasteiger partial charge on any atom is 0.199 e. The van der Waals surface area contributed by atoms with Crippen LogP contribution in [0.15, 0.2) is 28.9 Å². The third kappa shape index (κ3) is 2.95. The third-order valence-electron chi connectivity index (χ3n) is 4.16. The molecule has 0 amide bonds. The lowest BCUT2D eigenvalue weighted by atomic mass is 10.1. The Labute approximate surface area is 138 Å². The van der Waals surface area contributed by atoms with E-state index in [1.807, 2.05) is 19.1 Å². The van der Waals surface area contributed by atoms with Gasteiger partial charge in [-0.25, -0.2) is 0 Å². The largest absolute Gasteiger partial charge is 0.465 e. The van der Waals surface area contributed by atoms with Gasteiger partial charge >= 0.3 is 0 Å². The Morgan fingerprint density at radius 1 is 1.25 bits per heavy atom. The molecule has 0 aliphatic carbocycles. The van der Waals surface area contributed by atoms with Gasteiger partial charge in [-0.2, -0.15) is 4.52 Å². The molecule has 0 radical (unpaired) electrons. The fraction of sp³-hybridized carbons (Fsp3) is 0.467. The smallest absolute Gasteiger partial charge is 0.199 e. The lowest BCUT2D eigenvalue weighted by Gasteiger charge is -2.33. The first-order valence-corrected chi connectivity index (χ1v) is 7.95. The summed E-state index contributed by atoms with van der Waals surface area (Å²) in [6.07, 6.45) is 3.34. The molecule has 24 heavy (non-hydrogen) atoms. The van der Waals surface area contributed by atoms with E-state index >= 15 is 0 Å². The van der Waals surface area contributed by atoms with E-state index in [1.165, 1.54) is 0 Å². The quantitative estimate of drug-likeness (QED) is 0.738. The maximum absolute atomic E-state index is 5.87. The lowest BCUT2D eigenvalue weighted by molar-refractivity contribution is 0.0143. The van der Waals surface area contributed by atoms with E-state index in [-0.39, 0.29) is 6.04 Å². The molecule has 0 unspecified atom stereocenters. The number of furan rings is 1. The Morgan fingerprint density at radius 2 is 2.12 bits per heavy atom. The molecule has 0 aromatic carbocycles. The zero-order valence-electron chi connectivity index (χ0n) is 13.4. The molecular formula is C15H19N7O2. The number of hydrogen-bond acceptors (Lipinski definition) is 8. The van der Waals surface area contributed by atoms with Crippen LogP contribution >= 0.6 is 0 Å². The van der Waals surface area contributed by atoms with Gasteiger partial charge in [0.1, 0.15) is 17.3 Å². The number of rotatable bonds is 5. The molecule has 1 aliphatic heterocycles. The lowest BCUT2D eigenvalue weighted by Crippen LogP contribution is -2.41.